The number of rotatable bonds is 12. The Morgan fingerprint density at radius 2 is 1.97 bits per heavy atom. The summed E-state index contributed by atoms with van der Waals surface area (Å²) in [6.45, 7) is 11.9. The molecular weight excluding hydrogens is 384 g/mol. The van der Waals surface area contributed by atoms with Gasteiger partial charge in [0.15, 0.2) is 5.16 Å². The molecule has 0 spiro atoms. The number of hydrogen-bond acceptors (Lipinski definition) is 5. The van der Waals surface area contributed by atoms with E-state index >= 15 is 0 Å². The SMILES string of the molecule is CCC[C@@H](C)NC(=O)CSc1nc2ccccc2c(=O)n1CCCN(CC)CC. The summed E-state index contributed by atoms with van der Waals surface area (Å²) in [7, 11) is 0. The quantitative estimate of drug-likeness (QED) is 0.422. The average Bonchev–Trinajstić information content (AvgIpc) is 2.71. The number of amides is 1. The van der Waals surface area contributed by atoms with Crippen LogP contribution in [0.2, 0.25) is 0 Å². The first kappa shape index (κ1) is 23.4. The van der Waals surface area contributed by atoms with E-state index < -0.39 is 0 Å². The van der Waals surface area contributed by atoms with E-state index in [2.05, 4.69) is 31.0 Å². The zero-order valence-electron chi connectivity index (χ0n) is 18.1. The molecule has 29 heavy (non-hydrogen) atoms. The van der Waals surface area contributed by atoms with Gasteiger partial charge in [0, 0.05) is 12.6 Å². The lowest BCUT2D eigenvalue weighted by Crippen LogP contribution is -2.34. The van der Waals surface area contributed by atoms with Crippen LogP contribution in [-0.4, -0.2) is 51.8 Å². The predicted molar refractivity (Wildman–Crippen MR) is 122 cm³/mol. The molecule has 0 unspecified atom stereocenters. The molecule has 0 aliphatic rings. The zero-order valence-corrected chi connectivity index (χ0v) is 18.9. The van der Waals surface area contributed by atoms with Crippen LogP contribution in [0, 0.1) is 0 Å². The molecule has 0 radical (unpaired) electrons. The van der Waals surface area contributed by atoms with Crippen molar-refractivity contribution < 1.29 is 4.79 Å². The van der Waals surface area contributed by atoms with E-state index in [4.69, 9.17) is 4.98 Å². The van der Waals surface area contributed by atoms with E-state index in [0.29, 0.717) is 22.6 Å². The number of nitrogens with one attached hydrogen (secondary N) is 1. The molecule has 2 rings (SSSR count). The van der Waals surface area contributed by atoms with Gasteiger partial charge in [0.05, 0.1) is 16.7 Å². The molecule has 1 N–H and O–H groups in total. The third kappa shape index (κ3) is 6.85. The van der Waals surface area contributed by atoms with Gasteiger partial charge in [-0.05, 0) is 51.5 Å². The van der Waals surface area contributed by atoms with Gasteiger partial charge in [0.1, 0.15) is 0 Å². The summed E-state index contributed by atoms with van der Waals surface area (Å²) in [6.07, 6.45) is 2.86. The van der Waals surface area contributed by atoms with E-state index in [1.165, 1.54) is 11.8 Å². The highest BCUT2D eigenvalue weighted by Crippen LogP contribution is 2.18. The van der Waals surface area contributed by atoms with E-state index in [9.17, 15) is 9.59 Å². The fourth-order valence-corrected chi connectivity index (χ4v) is 4.24. The molecule has 7 heteroatoms. The normalized spacial score (nSPS) is 12.4. The van der Waals surface area contributed by atoms with Crippen LogP contribution in [0.15, 0.2) is 34.2 Å². The molecule has 6 nitrogen and oxygen atoms in total. The summed E-state index contributed by atoms with van der Waals surface area (Å²) < 4.78 is 1.74. The monoisotopic (exact) mass is 418 g/mol. The molecule has 1 aromatic carbocycles. The standard InChI is InChI=1S/C22H34N4O2S/c1-5-11-17(4)23-20(27)16-29-22-24-19-13-9-8-12-18(19)21(28)26(22)15-10-14-25(6-2)7-3/h8-9,12-13,17H,5-7,10-11,14-16H2,1-4H3,(H,23,27)/t17-/m1/s1. The van der Waals surface area contributed by atoms with E-state index in [0.717, 1.165) is 38.9 Å². The molecule has 0 bridgehead atoms. The van der Waals surface area contributed by atoms with Gasteiger partial charge in [-0.1, -0.05) is 51.1 Å². The highest BCUT2D eigenvalue weighted by Gasteiger charge is 2.14. The van der Waals surface area contributed by atoms with Crippen LogP contribution in [0.5, 0.6) is 0 Å². The Morgan fingerprint density at radius 3 is 2.66 bits per heavy atom. The maximum Gasteiger partial charge on any atom is 0.262 e. The second-order valence-corrected chi connectivity index (χ2v) is 8.24. The first-order valence-corrected chi connectivity index (χ1v) is 11.6. The van der Waals surface area contributed by atoms with Crippen molar-refractivity contribution in [3.05, 3.63) is 34.6 Å². The zero-order chi connectivity index (χ0) is 21.2. The Morgan fingerprint density at radius 1 is 1.24 bits per heavy atom. The fourth-order valence-electron chi connectivity index (χ4n) is 3.40. The Hall–Kier alpha value is -1.86. The maximum absolute atomic E-state index is 13.1. The number of fused-ring (bicyclic) bond motifs is 1. The summed E-state index contributed by atoms with van der Waals surface area (Å²) in [6, 6.07) is 7.58. The minimum atomic E-state index is -0.0302. The van der Waals surface area contributed by atoms with Gasteiger partial charge in [-0.15, -0.1) is 0 Å². The number of aromatic nitrogens is 2. The predicted octanol–water partition coefficient (Wildman–Crippen LogP) is 3.53. The van der Waals surface area contributed by atoms with Crippen LogP contribution in [0.1, 0.15) is 47.0 Å². The van der Waals surface area contributed by atoms with Crippen LogP contribution < -0.4 is 10.9 Å². The van der Waals surface area contributed by atoms with Crippen molar-refractivity contribution in [2.45, 2.75) is 64.7 Å². The lowest BCUT2D eigenvalue weighted by atomic mass is 10.2. The molecule has 0 aliphatic heterocycles. The van der Waals surface area contributed by atoms with Crippen molar-refractivity contribution >= 4 is 28.6 Å². The number of benzene rings is 1. The van der Waals surface area contributed by atoms with Crippen LogP contribution in [-0.2, 0) is 11.3 Å². The van der Waals surface area contributed by atoms with Gasteiger partial charge in [-0.25, -0.2) is 4.98 Å². The Bertz CT molecular complexity index is 848. The molecule has 0 saturated heterocycles. The number of carbonyl (C=O) groups excluding carboxylic acids is 1. The first-order chi connectivity index (χ1) is 14.0. The Labute approximate surface area is 178 Å². The van der Waals surface area contributed by atoms with Crippen LogP contribution in [0.3, 0.4) is 0 Å². The second kappa shape index (κ2) is 12.0. The summed E-state index contributed by atoms with van der Waals surface area (Å²) >= 11 is 1.34. The second-order valence-electron chi connectivity index (χ2n) is 7.29. The van der Waals surface area contributed by atoms with Crippen LogP contribution in [0.25, 0.3) is 10.9 Å². The molecule has 1 heterocycles. The van der Waals surface area contributed by atoms with Crippen molar-refractivity contribution in [2.24, 2.45) is 0 Å². The smallest absolute Gasteiger partial charge is 0.262 e. The van der Waals surface area contributed by atoms with Gasteiger partial charge >= 0.3 is 0 Å². The molecule has 2 aromatic rings. The largest absolute Gasteiger partial charge is 0.353 e. The minimum Gasteiger partial charge on any atom is -0.353 e. The number of thioether (sulfide) groups is 1. The highest BCUT2D eigenvalue weighted by molar-refractivity contribution is 7.99. The maximum atomic E-state index is 13.1. The van der Waals surface area contributed by atoms with Crippen LogP contribution >= 0.6 is 11.8 Å². The van der Waals surface area contributed by atoms with Gasteiger partial charge < -0.3 is 10.2 Å². The lowest BCUT2D eigenvalue weighted by Gasteiger charge is -2.19. The molecular formula is C22H34N4O2S. The van der Waals surface area contributed by atoms with E-state index in [-0.39, 0.29) is 23.3 Å². The van der Waals surface area contributed by atoms with Crippen molar-refractivity contribution in [2.75, 3.05) is 25.4 Å². The summed E-state index contributed by atoms with van der Waals surface area (Å²) in [5, 5.41) is 4.26. The fraction of sp³-hybridized carbons (Fsp3) is 0.591. The van der Waals surface area contributed by atoms with Gasteiger partial charge in [0.2, 0.25) is 5.91 Å². The third-order valence-corrected chi connectivity index (χ3v) is 6.01. The lowest BCUT2D eigenvalue weighted by molar-refractivity contribution is -0.119. The molecule has 0 saturated carbocycles. The third-order valence-electron chi connectivity index (χ3n) is 5.04. The molecule has 0 aliphatic carbocycles. The molecule has 1 amide bonds. The molecule has 160 valence electrons. The summed E-state index contributed by atoms with van der Waals surface area (Å²) in [4.78, 5) is 32.4. The van der Waals surface area contributed by atoms with Gasteiger partial charge in [-0.2, -0.15) is 0 Å². The van der Waals surface area contributed by atoms with Crippen LogP contribution in [0.4, 0.5) is 0 Å². The van der Waals surface area contributed by atoms with Gasteiger partial charge in [-0.3, -0.25) is 14.2 Å². The molecule has 0 fully saturated rings. The van der Waals surface area contributed by atoms with Crippen molar-refractivity contribution in [3.8, 4) is 0 Å². The van der Waals surface area contributed by atoms with E-state index in [1.54, 1.807) is 4.57 Å². The van der Waals surface area contributed by atoms with Gasteiger partial charge in [0.25, 0.3) is 5.56 Å². The first-order valence-electron chi connectivity index (χ1n) is 10.6. The highest BCUT2D eigenvalue weighted by atomic mass is 32.2. The summed E-state index contributed by atoms with van der Waals surface area (Å²) in [5.41, 5.74) is 0.650. The van der Waals surface area contributed by atoms with Crippen molar-refractivity contribution in [1.29, 1.82) is 0 Å². The van der Waals surface area contributed by atoms with Crippen molar-refractivity contribution in [3.63, 3.8) is 0 Å². The number of para-hydroxylation sites is 1. The van der Waals surface area contributed by atoms with Crippen molar-refractivity contribution in [1.82, 2.24) is 19.8 Å². The Balaban J connectivity index is 2.18. The number of carbonyl (C=O) groups is 1. The Kier molecular flexibility index (Phi) is 9.67. The topological polar surface area (TPSA) is 67.2 Å². The van der Waals surface area contributed by atoms with E-state index in [1.807, 2.05) is 31.2 Å². The number of nitrogens with zero attached hydrogens (tertiary/aromatic N) is 3. The average molecular weight is 419 g/mol. The summed E-state index contributed by atoms with van der Waals surface area (Å²) in [5.74, 6) is 0.238. The molecule has 1 aromatic heterocycles. The number of hydrogen-bond donors (Lipinski definition) is 1. The minimum absolute atomic E-state index is 0.0203. The molecule has 1 atom stereocenters.